The second-order valence-corrected chi connectivity index (χ2v) is 6.55. The number of rotatable bonds is 8. The molecular formula is C22H25N3O4. The van der Waals surface area contributed by atoms with E-state index in [-0.39, 0.29) is 0 Å². The average molecular weight is 395 g/mol. The van der Waals surface area contributed by atoms with Gasteiger partial charge in [-0.3, -0.25) is 0 Å². The fourth-order valence-electron chi connectivity index (χ4n) is 2.97. The number of methoxy groups -OCH3 is 2. The number of aryl methyl sites for hydroxylation is 1. The van der Waals surface area contributed by atoms with Gasteiger partial charge < -0.3 is 19.5 Å². The van der Waals surface area contributed by atoms with Crippen LogP contribution in [0.4, 0.5) is 5.69 Å². The molecule has 1 aromatic carbocycles. The maximum Gasteiger partial charge on any atom is 0.341 e. The molecule has 3 rings (SSSR count). The van der Waals surface area contributed by atoms with Gasteiger partial charge in [0, 0.05) is 23.8 Å². The van der Waals surface area contributed by atoms with Gasteiger partial charge in [0.2, 0.25) is 0 Å². The topological polar surface area (TPSA) is 82.6 Å². The van der Waals surface area contributed by atoms with Crippen molar-refractivity contribution in [3.8, 4) is 11.5 Å². The van der Waals surface area contributed by atoms with Crippen LogP contribution in [-0.4, -0.2) is 36.8 Å². The van der Waals surface area contributed by atoms with Crippen molar-refractivity contribution in [2.75, 3.05) is 26.1 Å². The van der Waals surface area contributed by atoms with Gasteiger partial charge >= 0.3 is 5.97 Å². The fourth-order valence-corrected chi connectivity index (χ4v) is 2.97. The van der Waals surface area contributed by atoms with Crippen LogP contribution >= 0.6 is 0 Å². The molecule has 7 nitrogen and oxygen atoms in total. The van der Waals surface area contributed by atoms with E-state index in [1.165, 1.54) is 6.20 Å². The van der Waals surface area contributed by atoms with Gasteiger partial charge in [-0.1, -0.05) is 13.0 Å². The number of carbonyl (C=O) groups excluding carboxylic acids is 1. The second-order valence-electron chi connectivity index (χ2n) is 6.55. The van der Waals surface area contributed by atoms with Crippen LogP contribution < -0.4 is 14.8 Å². The molecule has 0 aliphatic carbocycles. The first kappa shape index (κ1) is 20.4. The molecule has 0 radical (unpaired) electrons. The molecular weight excluding hydrogens is 370 g/mol. The summed E-state index contributed by atoms with van der Waals surface area (Å²) in [6.07, 6.45) is 2.27. The van der Waals surface area contributed by atoms with Crippen LogP contribution in [0.1, 0.15) is 35.0 Å². The van der Waals surface area contributed by atoms with E-state index in [2.05, 4.69) is 15.3 Å². The molecule has 152 valence electrons. The highest BCUT2D eigenvalue weighted by Gasteiger charge is 2.18. The molecule has 3 aromatic rings. The van der Waals surface area contributed by atoms with Crippen molar-refractivity contribution in [1.29, 1.82) is 0 Å². The lowest BCUT2D eigenvalue weighted by molar-refractivity contribution is 0.0506. The van der Waals surface area contributed by atoms with Gasteiger partial charge in [-0.2, -0.15) is 0 Å². The van der Waals surface area contributed by atoms with Crippen molar-refractivity contribution in [3.05, 3.63) is 53.3 Å². The first-order valence-corrected chi connectivity index (χ1v) is 9.45. The van der Waals surface area contributed by atoms with E-state index in [9.17, 15) is 4.79 Å². The molecule has 0 saturated heterocycles. The zero-order chi connectivity index (χ0) is 20.8. The smallest absolute Gasteiger partial charge is 0.341 e. The number of pyridine rings is 2. The number of ether oxygens (including phenoxy) is 3. The van der Waals surface area contributed by atoms with Crippen molar-refractivity contribution in [3.63, 3.8) is 0 Å². The molecule has 0 unspecified atom stereocenters. The highest BCUT2D eigenvalue weighted by molar-refractivity contribution is 6.04. The molecule has 0 amide bonds. The van der Waals surface area contributed by atoms with Crippen molar-refractivity contribution < 1.29 is 19.0 Å². The number of nitrogens with zero attached hydrogens (tertiary/aromatic N) is 2. The van der Waals surface area contributed by atoms with Gasteiger partial charge in [-0.05, 0) is 43.2 Å². The van der Waals surface area contributed by atoms with Gasteiger partial charge in [0.25, 0.3) is 0 Å². The van der Waals surface area contributed by atoms with Crippen molar-refractivity contribution >= 4 is 22.7 Å². The first-order valence-electron chi connectivity index (χ1n) is 9.45. The lowest BCUT2D eigenvalue weighted by Gasteiger charge is -2.15. The third-order valence-corrected chi connectivity index (χ3v) is 4.44. The number of hydrogen-bond acceptors (Lipinski definition) is 7. The molecule has 0 spiro atoms. The van der Waals surface area contributed by atoms with Crippen LogP contribution in [0.25, 0.3) is 11.0 Å². The zero-order valence-electron chi connectivity index (χ0n) is 17.1. The Bertz CT molecular complexity index is 1020. The lowest BCUT2D eigenvalue weighted by atomic mass is 10.1. The normalized spacial score (nSPS) is 10.6. The molecule has 7 heteroatoms. The van der Waals surface area contributed by atoms with Gasteiger partial charge in [0.15, 0.2) is 17.1 Å². The van der Waals surface area contributed by atoms with Gasteiger partial charge in [0.1, 0.15) is 5.56 Å². The monoisotopic (exact) mass is 395 g/mol. The molecule has 0 fully saturated rings. The number of nitrogens with one attached hydrogen (secondary N) is 1. The lowest BCUT2D eigenvalue weighted by Crippen LogP contribution is -2.12. The molecule has 0 saturated carbocycles. The van der Waals surface area contributed by atoms with Crippen LogP contribution in [0.3, 0.4) is 0 Å². The standard InChI is InChI=1S/C22H25N3O4/c1-5-10-29-22(26)17-13-24-21-16(8-6-14(2)25-21)20(17)23-12-15-7-9-18(27-3)19(11-15)28-4/h6-9,11,13H,5,10,12H2,1-4H3,(H,23,24,25). The largest absolute Gasteiger partial charge is 0.493 e. The average Bonchev–Trinajstić information content (AvgIpc) is 2.75. The summed E-state index contributed by atoms with van der Waals surface area (Å²) in [4.78, 5) is 21.4. The van der Waals surface area contributed by atoms with Gasteiger partial charge in [-0.25, -0.2) is 14.8 Å². The van der Waals surface area contributed by atoms with E-state index < -0.39 is 5.97 Å². The number of benzene rings is 1. The quantitative estimate of drug-likeness (QED) is 0.574. The molecule has 0 aliphatic heterocycles. The van der Waals surface area contributed by atoms with Gasteiger partial charge in [-0.15, -0.1) is 0 Å². The summed E-state index contributed by atoms with van der Waals surface area (Å²) < 4.78 is 16.0. The van der Waals surface area contributed by atoms with Crippen molar-refractivity contribution in [1.82, 2.24) is 9.97 Å². The van der Waals surface area contributed by atoms with Crippen molar-refractivity contribution in [2.24, 2.45) is 0 Å². The zero-order valence-corrected chi connectivity index (χ0v) is 17.1. The van der Waals surface area contributed by atoms with Gasteiger partial charge in [0.05, 0.1) is 26.5 Å². The highest BCUT2D eigenvalue weighted by Crippen LogP contribution is 2.30. The third kappa shape index (κ3) is 4.56. The molecule has 2 aromatic heterocycles. The fraction of sp³-hybridized carbons (Fsp3) is 0.318. The first-order chi connectivity index (χ1) is 14.1. The van der Waals surface area contributed by atoms with E-state index in [4.69, 9.17) is 14.2 Å². The molecule has 29 heavy (non-hydrogen) atoms. The van der Waals surface area contributed by atoms with E-state index in [0.29, 0.717) is 41.5 Å². The number of hydrogen-bond donors (Lipinski definition) is 1. The van der Waals surface area contributed by atoms with Crippen molar-refractivity contribution in [2.45, 2.75) is 26.8 Å². The Labute approximate surface area is 170 Å². The summed E-state index contributed by atoms with van der Waals surface area (Å²) >= 11 is 0. The van der Waals surface area contributed by atoms with Crippen LogP contribution in [0, 0.1) is 6.92 Å². The Morgan fingerprint density at radius 3 is 2.62 bits per heavy atom. The molecule has 0 aliphatic rings. The summed E-state index contributed by atoms with van der Waals surface area (Å²) in [6.45, 7) is 4.69. The summed E-state index contributed by atoms with van der Waals surface area (Å²) in [5.41, 5.74) is 3.44. The summed E-state index contributed by atoms with van der Waals surface area (Å²) in [5, 5.41) is 4.13. The second kappa shape index (κ2) is 9.23. The molecule has 0 bridgehead atoms. The molecule has 0 atom stereocenters. The Morgan fingerprint density at radius 1 is 1.10 bits per heavy atom. The van der Waals surface area contributed by atoms with Crippen LogP contribution in [0.15, 0.2) is 36.5 Å². The number of carbonyl (C=O) groups is 1. The predicted molar refractivity (Wildman–Crippen MR) is 112 cm³/mol. The van der Waals surface area contributed by atoms with E-state index >= 15 is 0 Å². The summed E-state index contributed by atoms with van der Waals surface area (Å²) in [5.74, 6) is 0.900. The molecule has 1 N–H and O–H groups in total. The maximum absolute atomic E-state index is 12.6. The summed E-state index contributed by atoms with van der Waals surface area (Å²) in [6, 6.07) is 9.49. The maximum atomic E-state index is 12.6. The Balaban J connectivity index is 1.96. The highest BCUT2D eigenvalue weighted by atomic mass is 16.5. The number of esters is 1. The SMILES string of the molecule is CCCOC(=O)c1cnc2nc(C)ccc2c1NCc1ccc(OC)c(OC)c1. The Hall–Kier alpha value is -3.35. The van der Waals surface area contributed by atoms with Crippen LogP contribution in [-0.2, 0) is 11.3 Å². The Morgan fingerprint density at radius 2 is 1.90 bits per heavy atom. The van der Waals surface area contributed by atoms with E-state index in [1.807, 2.05) is 44.2 Å². The number of anilines is 1. The Kier molecular flexibility index (Phi) is 6.49. The van der Waals surface area contributed by atoms with E-state index in [1.54, 1.807) is 14.2 Å². The number of aromatic nitrogens is 2. The minimum Gasteiger partial charge on any atom is -0.493 e. The molecule has 2 heterocycles. The number of fused-ring (bicyclic) bond motifs is 1. The van der Waals surface area contributed by atoms with Crippen LogP contribution in [0.5, 0.6) is 11.5 Å². The van der Waals surface area contributed by atoms with Crippen LogP contribution in [0.2, 0.25) is 0 Å². The summed E-state index contributed by atoms with van der Waals surface area (Å²) in [7, 11) is 3.20. The minimum atomic E-state index is -0.406. The minimum absolute atomic E-state index is 0.359. The third-order valence-electron chi connectivity index (χ3n) is 4.44. The predicted octanol–water partition coefficient (Wildman–Crippen LogP) is 4.13. The van der Waals surface area contributed by atoms with E-state index in [0.717, 1.165) is 23.1 Å².